The second-order valence-corrected chi connectivity index (χ2v) is 10.1. The molecule has 4 rings (SSSR count). The van der Waals surface area contributed by atoms with Gasteiger partial charge in [-0.3, -0.25) is 9.36 Å². The minimum absolute atomic E-state index is 0.0224. The number of sulfonamides is 1. The molecule has 0 saturated carbocycles. The molecule has 9 nitrogen and oxygen atoms in total. The lowest BCUT2D eigenvalue weighted by Gasteiger charge is -2.15. The molecular weight excluding hydrogens is 474 g/mol. The molecule has 0 fully saturated rings. The molecule has 0 unspecified atom stereocenters. The first-order valence-corrected chi connectivity index (χ1v) is 12.9. The molecule has 0 bridgehead atoms. The summed E-state index contributed by atoms with van der Waals surface area (Å²) >= 11 is 1.27. The highest BCUT2D eigenvalue weighted by molar-refractivity contribution is 7.99. The molecule has 0 aliphatic rings. The monoisotopic (exact) mass is 497 g/mol. The van der Waals surface area contributed by atoms with Crippen LogP contribution in [0.1, 0.15) is 24.3 Å². The summed E-state index contributed by atoms with van der Waals surface area (Å²) in [7, 11) is -3.76. The Morgan fingerprint density at radius 1 is 1.12 bits per heavy atom. The minimum atomic E-state index is -3.76. The molecule has 34 heavy (non-hydrogen) atoms. The Kier molecular flexibility index (Phi) is 6.87. The van der Waals surface area contributed by atoms with E-state index in [-0.39, 0.29) is 22.6 Å². The molecule has 1 atom stereocenters. The van der Waals surface area contributed by atoms with Gasteiger partial charge in [0.05, 0.1) is 28.5 Å². The van der Waals surface area contributed by atoms with Gasteiger partial charge in [0.2, 0.25) is 15.9 Å². The van der Waals surface area contributed by atoms with Gasteiger partial charge in [-0.1, -0.05) is 42.1 Å². The standard InChI is InChI=1S/C23H23N5O4S2/c1-15(17-8-10-19(11-9-17)34(24,30)31)25-21(29)14-33-23-27-26-22(20-12-13-32-16(20)2)28(23)18-6-4-3-5-7-18/h3-13,15H,14H2,1-2H3,(H,25,29)(H2,24,30,31)/t15-/m0/s1. The first-order valence-electron chi connectivity index (χ1n) is 10.3. The third-order valence-electron chi connectivity index (χ3n) is 5.17. The van der Waals surface area contributed by atoms with E-state index in [2.05, 4.69) is 15.5 Å². The van der Waals surface area contributed by atoms with Crippen molar-refractivity contribution < 1.29 is 17.6 Å². The smallest absolute Gasteiger partial charge is 0.238 e. The van der Waals surface area contributed by atoms with Crippen molar-refractivity contribution in [3.63, 3.8) is 0 Å². The zero-order valence-electron chi connectivity index (χ0n) is 18.5. The minimum Gasteiger partial charge on any atom is -0.469 e. The number of carbonyl (C=O) groups is 1. The maximum atomic E-state index is 12.6. The highest BCUT2D eigenvalue weighted by Gasteiger charge is 2.20. The summed E-state index contributed by atoms with van der Waals surface area (Å²) in [5.74, 6) is 1.27. The summed E-state index contributed by atoms with van der Waals surface area (Å²) < 4.78 is 30.2. The fourth-order valence-corrected chi connectivity index (χ4v) is 4.69. The number of hydrogen-bond donors (Lipinski definition) is 2. The number of primary sulfonamides is 1. The fraction of sp³-hybridized carbons (Fsp3) is 0.174. The Labute approximate surface area is 201 Å². The van der Waals surface area contributed by atoms with Crippen LogP contribution in [0.15, 0.2) is 81.4 Å². The third kappa shape index (κ3) is 5.22. The first-order chi connectivity index (χ1) is 16.2. The number of amides is 1. The summed E-state index contributed by atoms with van der Waals surface area (Å²) in [6.45, 7) is 3.68. The lowest BCUT2D eigenvalue weighted by atomic mass is 10.1. The van der Waals surface area contributed by atoms with Crippen molar-refractivity contribution in [2.75, 3.05) is 5.75 Å². The predicted molar refractivity (Wildman–Crippen MR) is 129 cm³/mol. The Bertz CT molecular complexity index is 1400. The SMILES string of the molecule is Cc1occc1-c1nnc(SCC(=O)N[C@@H](C)c2ccc(S(N)(=O)=O)cc2)n1-c1ccccc1. The van der Waals surface area contributed by atoms with Crippen LogP contribution in [0.2, 0.25) is 0 Å². The molecule has 176 valence electrons. The first kappa shape index (κ1) is 23.7. The van der Waals surface area contributed by atoms with Gasteiger partial charge in [0, 0.05) is 5.69 Å². The number of benzene rings is 2. The summed E-state index contributed by atoms with van der Waals surface area (Å²) in [5.41, 5.74) is 2.45. The van der Waals surface area contributed by atoms with Crippen molar-refractivity contribution in [3.05, 3.63) is 78.3 Å². The number of nitrogens with one attached hydrogen (secondary N) is 1. The topological polar surface area (TPSA) is 133 Å². The number of hydrogen-bond acceptors (Lipinski definition) is 7. The molecule has 2 heterocycles. The van der Waals surface area contributed by atoms with Gasteiger partial charge < -0.3 is 9.73 Å². The van der Waals surface area contributed by atoms with E-state index in [0.29, 0.717) is 11.0 Å². The second kappa shape index (κ2) is 9.84. The Hall–Kier alpha value is -3.41. The molecular formula is C23H23N5O4S2. The molecule has 4 aromatic rings. The third-order valence-corrected chi connectivity index (χ3v) is 7.02. The largest absolute Gasteiger partial charge is 0.469 e. The maximum Gasteiger partial charge on any atom is 0.238 e. The Morgan fingerprint density at radius 3 is 2.44 bits per heavy atom. The van der Waals surface area contributed by atoms with Gasteiger partial charge >= 0.3 is 0 Å². The van der Waals surface area contributed by atoms with E-state index < -0.39 is 10.0 Å². The van der Waals surface area contributed by atoms with Crippen molar-refractivity contribution in [2.45, 2.75) is 29.9 Å². The summed E-state index contributed by atoms with van der Waals surface area (Å²) in [5, 5.41) is 17.3. The lowest BCUT2D eigenvalue weighted by Crippen LogP contribution is -2.28. The summed E-state index contributed by atoms with van der Waals surface area (Å²) in [6, 6.07) is 17.3. The molecule has 3 N–H and O–H groups in total. The fourth-order valence-electron chi connectivity index (χ4n) is 3.41. The Morgan fingerprint density at radius 2 is 1.82 bits per heavy atom. The van der Waals surface area contributed by atoms with Crippen molar-refractivity contribution in [1.29, 1.82) is 0 Å². The van der Waals surface area contributed by atoms with Crippen LogP contribution in [0.4, 0.5) is 0 Å². The van der Waals surface area contributed by atoms with E-state index >= 15 is 0 Å². The molecule has 0 radical (unpaired) electrons. The van der Waals surface area contributed by atoms with Crippen LogP contribution in [0.25, 0.3) is 17.1 Å². The van der Waals surface area contributed by atoms with E-state index in [1.54, 1.807) is 18.4 Å². The zero-order chi connectivity index (χ0) is 24.3. The summed E-state index contributed by atoms with van der Waals surface area (Å²) in [4.78, 5) is 12.7. The number of para-hydroxylation sites is 1. The van der Waals surface area contributed by atoms with Crippen LogP contribution in [0, 0.1) is 6.92 Å². The van der Waals surface area contributed by atoms with Gasteiger partial charge in [-0.05, 0) is 49.7 Å². The van der Waals surface area contributed by atoms with E-state index in [1.807, 2.05) is 54.8 Å². The van der Waals surface area contributed by atoms with Crippen LogP contribution < -0.4 is 10.5 Å². The highest BCUT2D eigenvalue weighted by atomic mass is 32.2. The van der Waals surface area contributed by atoms with Crippen molar-refractivity contribution in [1.82, 2.24) is 20.1 Å². The van der Waals surface area contributed by atoms with Gasteiger partial charge in [-0.15, -0.1) is 10.2 Å². The van der Waals surface area contributed by atoms with Crippen LogP contribution in [0.5, 0.6) is 0 Å². The van der Waals surface area contributed by atoms with E-state index in [4.69, 9.17) is 9.56 Å². The number of thioether (sulfide) groups is 1. The Balaban J connectivity index is 1.49. The molecule has 0 aliphatic heterocycles. The van der Waals surface area contributed by atoms with E-state index in [1.165, 1.54) is 23.9 Å². The number of aryl methyl sites for hydroxylation is 1. The summed E-state index contributed by atoms with van der Waals surface area (Å²) in [6.07, 6.45) is 1.60. The average molecular weight is 498 g/mol. The lowest BCUT2D eigenvalue weighted by molar-refractivity contribution is -0.119. The zero-order valence-corrected chi connectivity index (χ0v) is 20.1. The predicted octanol–water partition coefficient (Wildman–Crippen LogP) is 3.45. The van der Waals surface area contributed by atoms with Gasteiger partial charge in [0.15, 0.2) is 11.0 Å². The number of furan rings is 1. The molecule has 0 spiro atoms. The van der Waals surface area contributed by atoms with Crippen LogP contribution in [-0.2, 0) is 14.8 Å². The van der Waals surface area contributed by atoms with Crippen molar-refractivity contribution >= 4 is 27.7 Å². The van der Waals surface area contributed by atoms with Gasteiger partial charge in [-0.2, -0.15) is 0 Å². The highest BCUT2D eigenvalue weighted by Crippen LogP contribution is 2.30. The van der Waals surface area contributed by atoms with Gasteiger partial charge in [-0.25, -0.2) is 13.6 Å². The molecule has 11 heteroatoms. The molecule has 2 aromatic heterocycles. The number of carbonyl (C=O) groups excluding carboxylic acids is 1. The quantitative estimate of drug-likeness (QED) is 0.356. The van der Waals surface area contributed by atoms with Crippen LogP contribution >= 0.6 is 11.8 Å². The molecule has 0 saturated heterocycles. The molecule has 0 aliphatic carbocycles. The van der Waals surface area contributed by atoms with Crippen LogP contribution in [-0.4, -0.2) is 34.8 Å². The van der Waals surface area contributed by atoms with E-state index in [9.17, 15) is 13.2 Å². The normalized spacial score (nSPS) is 12.4. The van der Waals surface area contributed by atoms with Crippen molar-refractivity contribution in [3.8, 4) is 17.1 Å². The average Bonchev–Trinajstić information content (AvgIpc) is 3.43. The number of rotatable bonds is 8. The van der Waals surface area contributed by atoms with Gasteiger partial charge in [0.25, 0.3) is 0 Å². The van der Waals surface area contributed by atoms with Crippen molar-refractivity contribution in [2.24, 2.45) is 5.14 Å². The van der Waals surface area contributed by atoms with Gasteiger partial charge in [0.1, 0.15) is 5.76 Å². The maximum absolute atomic E-state index is 12.6. The second-order valence-electron chi connectivity index (χ2n) is 7.56. The van der Waals surface area contributed by atoms with E-state index in [0.717, 1.165) is 22.6 Å². The van der Waals surface area contributed by atoms with Crippen LogP contribution in [0.3, 0.4) is 0 Å². The molecule has 2 aromatic carbocycles. The number of nitrogens with two attached hydrogens (primary N) is 1. The molecule has 1 amide bonds. The number of aromatic nitrogens is 3. The number of nitrogens with zero attached hydrogens (tertiary/aromatic N) is 3.